The lowest BCUT2D eigenvalue weighted by molar-refractivity contribution is 0.0941. The summed E-state index contributed by atoms with van der Waals surface area (Å²) in [6, 6.07) is 18.3. The molecule has 0 bridgehead atoms. The lowest BCUT2D eigenvalue weighted by Gasteiger charge is -2.19. The number of carbonyl (C=O) groups is 1. The minimum atomic E-state index is -2.75. The highest BCUT2D eigenvalue weighted by Gasteiger charge is 2.36. The van der Waals surface area contributed by atoms with Gasteiger partial charge < -0.3 is 10.3 Å². The van der Waals surface area contributed by atoms with E-state index in [-0.39, 0.29) is 11.4 Å². The molecule has 1 amide bonds. The number of aromatic amines is 2. The Labute approximate surface area is 183 Å². The highest BCUT2D eigenvalue weighted by Crippen LogP contribution is 2.40. The zero-order valence-electron chi connectivity index (χ0n) is 16.7. The van der Waals surface area contributed by atoms with Crippen LogP contribution in [-0.4, -0.2) is 31.0 Å². The zero-order chi connectivity index (χ0) is 22.5. The van der Waals surface area contributed by atoms with Crippen molar-refractivity contribution in [2.24, 2.45) is 0 Å². The lowest BCUT2D eigenvalue weighted by Crippen LogP contribution is -2.34. The molecule has 2 atom stereocenters. The molecule has 0 saturated heterocycles. The van der Waals surface area contributed by atoms with Crippen molar-refractivity contribution in [3.63, 3.8) is 0 Å². The van der Waals surface area contributed by atoms with Crippen LogP contribution < -0.4 is 10.9 Å². The Kier molecular flexibility index (Phi) is 6.30. The van der Waals surface area contributed by atoms with Crippen LogP contribution in [0.2, 0.25) is 0 Å². The van der Waals surface area contributed by atoms with E-state index in [2.05, 4.69) is 25.5 Å². The Bertz CT molecular complexity index is 1240. The van der Waals surface area contributed by atoms with Crippen molar-refractivity contribution in [3.05, 3.63) is 118 Å². The Morgan fingerprint density at radius 2 is 1.59 bits per heavy atom. The number of H-pyrrole nitrogens is 2. The summed E-state index contributed by atoms with van der Waals surface area (Å²) in [5.41, 5.74) is 0.107. The number of rotatable bonds is 7. The van der Waals surface area contributed by atoms with Gasteiger partial charge in [-0.15, -0.1) is 0 Å². The number of amides is 1. The van der Waals surface area contributed by atoms with Gasteiger partial charge in [0.15, 0.2) is 5.82 Å². The van der Waals surface area contributed by atoms with Gasteiger partial charge in [-0.2, -0.15) is 9.99 Å². The molecule has 0 saturated carbocycles. The molecule has 10 heteroatoms. The predicted molar refractivity (Wildman–Crippen MR) is 117 cm³/mol. The summed E-state index contributed by atoms with van der Waals surface area (Å²) >= 11 is 0. The molecule has 32 heavy (non-hydrogen) atoms. The van der Waals surface area contributed by atoms with Crippen LogP contribution in [0.25, 0.3) is 0 Å². The first-order valence-electron chi connectivity index (χ1n) is 9.68. The summed E-state index contributed by atoms with van der Waals surface area (Å²) in [6.45, 7) is 0. The number of nitrogens with one attached hydrogen (secondary N) is 3. The highest BCUT2D eigenvalue weighted by atomic mass is 31.1. The van der Waals surface area contributed by atoms with Crippen LogP contribution >= 0.6 is 8.03 Å². The summed E-state index contributed by atoms with van der Waals surface area (Å²) < 4.78 is 11.9. The lowest BCUT2D eigenvalue weighted by atomic mass is 9.98. The summed E-state index contributed by atoms with van der Waals surface area (Å²) in [7, 11) is -2.75. The van der Waals surface area contributed by atoms with Crippen LogP contribution in [0.4, 0.5) is 0 Å². The molecule has 9 nitrogen and oxygen atoms in total. The molecule has 4 aromatic rings. The Morgan fingerprint density at radius 3 is 2.09 bits per heavy atom. The molecule has 4 N–H and O–H groups in total. The Balaban J connectivity index is 1.64. The van der Waals surface area contributed by atoms with Crippen molar-refractivity contribution < 1.29 is 14.3 Å². The smallest absolute Gasteiger partial charge is 0.341 e. The fourth-order valence-corrected chi connectivity index (χ4v) is 4.11. The molecule has 0 radical (unpaired) electrons. The molecule has 0 aliphatic heterocycles. The quantitative estimate of drug-likeness (QED) is 0.321. The van der Waals surface area contributed by atoms with E-state index in [0.29, 0.717) is 5.56 Å². The van der Waals surface area contributed by atoms with Crippen LogP contribution in [0.1, 0.15) is 44.6 Å². The van der Waals surface area contributed by atoms with Crippen LogP contribution in [0.15, 0.2) is 84.0 Å². The molecule has 2 heterocycles. The first-order chi connectivity index (χ1) is 15.5. The van der Waals surface area contributed by atoms with E-state index in [4.69, 9.17) is 0 Å². The van der Waals surface area contributed by atoms with E-state index in [9.17, 15) is 19.0 Å². The molecule has 4 rings (SSSR count). The number of benzene rings is 2. The van der Waals surface area contributed by atoms with Crippen LogP contribution in [0, 0.1) is 0 Å². The van der Waals surface area contributed by atoms with Crippen molar-refractivity contribution in [3.8, 4) is 0 Å². The van der Waals surface area contributed by atoms with Crippen LogP contribution in [0.3, 0.4) is 0 Å². The van der Waals surface area contributed by atoms with E-state index < -0.39 is 31.2 Å². The predicted octanol–water partition coefficient (Wildman–Crippen LogP) is 2.84. The van der Waals surface area contributed by atoms with Gasteiger partial charge in [-0.3, -0.25) is 14.7 Å². The maximum atomic E-state index is 13.0. The molecule has 0 spiro atoms. The first-order valence-corrected chi connectivity index (χ1v) is 11.0. The largest absolute Gasteiger partial charge is 0.521 e. The summed E-state index contributed by atoms with van der Waals surface area (Å²) in [6.07, 6.45) is 3.93. The van der Waals surface area contributed by atoms with Crippen molar-refractivity contribution in [2.75, 3.05) is 0 Å². The topological polar surface area (TPSA) is 141 Å². The van der Waals surface area contributed by atoms with Crippen molar-refractivity contribution >= 4 is 13.9 Å². The van der Waals surface area contributed by atoms with Gasteiger partial charge in [-0.25, -0.2) is 4.98 Å². The molecule has 0 aliphatic rings. The van der Waals surface area contributed by atoms with Gasteiger partial charge in [0.1, 0.15) is 5.56 Å². The highest BCUT2D eigenvalue weighted by molar-refractivity contribution is 7.38. The molecule has 0 fully saturated rings. The Morgan fingerprint density at radius 1 is 0.969 bits per heavy atom. The number of carbonyl (C=O) groups excluding carboxylic acids is 1. The second-order valence-electron chi connectivity index (χ2n) is 6.98. The van der Waals surface area contributed by atoms with E-state index in [1.54, 1.807) is 0 Å². The number of hydrogen-bond donors (Lipinski definition) is 4. The summed E-state index contributed by atoms with van der Waals surface area (Å²) in [5.74, 6) is -0.643. The monoisotopic (exact) mass is 448 g/mol. The SMILES string of the molecule is O=C(NC(c1ccccc1)c1ccccc1)c1cnc(C(c2cn[nH]c2)[P+](=O)O)[nH]c1=O. The molecule has 2 aromatic heterocycles. The minimum absolute atomic E-state index is 0.0285. The maximum absolute atomic E-state index is 13.0. The van der Waals surface area contributed by atoms with Gasteiger partial charge in [0, 0.05) is 12.4 Å². The maximum Gasteiger partial charge on any atom is 0.521 e. The number of nitrogens with zero attached hydrogens (tertiary/aromatic N) is 2. The Hall–Kier alpha value is -3.94. The van der Waals surface area contributed by atoms with Crippen LogP contribution in [-0.2, 0) is 4.57 Å². The van der Waals surface area contributed by atoms with E-state index >= 15 is 0 Å². The van der Waals surface area contributed by atoms with Crippen molar-refractivity contribution in [2.45, 2.75) is 11.7 Å². The number of hydrogen-bond acceptors (Lipinski definition) is 5. The van der Waals surface area contributed by atoms with Gasteiger partial charge >= 0.3 is 8.03 Å². The third-order valence-electron chi connectivity index (χ3n) is 4.92. The second kappa shape index (κ2) is 9.47. The third-order valence-corrected chi connectivity index (χ3v) is 5.90. The normalized spacial score (nSPS) is 12.4. The minimum Gasteiger partial charge on any atom is -0.341 e. The zero-order valence-corrected chi connectivity index (χ0v) is 17.6. The first kappa shape index (κ1) is 21.3. The van der Waals surface area contributed by atoms with Gasteiger partial charge in [-0.1, -0.05) is 60.7 Å². The molecule has 0 aliphatic carbocycles. The van der Waals surface area contributed by atoms with E-state index in [1.165, 1.54) is 12.4 Å². The molecular formula is C22H19N5O4P+. The van der Waals surface area contributed by atoms with Gasteiger partial charge in [0.05, 0.1) is 17.8 Å². The van der Waals surface area contributed by atoms with Gasteiger partial charge in [0.2, 0.25) is 0 Å². The van der Waals surface area contributed by atoms with Crippen molar-refractivity contribution in [1.82, 2.24) is 25.5 Å². The van der Waals surface area contributed by atoms with Crippen LogP contribution in [0.5, 0.6) is 0 Å². The second-order valence-corrected chi connectivity index (χ2v) is 8.10. The van der Waals surface area contributed by atoms with E-state index in [0.717, 1.165) is 17.3 Å². The summed E-state index contributed by atoms with van der Waals surface area (Å²) in [5, 5.41) is 9.20. The van der Waals surface area contributed by atoms with Gasteiger partial charge in [0.25, 0.3) is 17.1 Å². The fourth-order valence-electron chi connectivity index (χ4n) is 3.37. The third kappa shape index (κ3) is 4.54. The molecular weight excluding hydrogens is 429 g/mol. The van der Waals surface area contributed by atoms with E-state index in [1.807, 2.05) is 60.7 Å². The molecule has 2 unspecified atom stereocenters. The molecule has 2 aromatic carbocycles. The number of aromatic nitrogens is 4. The summed E-state index contributed by atoms with van der Waals surface area (Å²) in [4.78, 5) is 41.9. The standard InChI is InChI=1S/C22H18N5O4P/c28-21(26-18(14-7-3-1-4-8-14)15-9-5-2-6-10-15)17-13-23-20(27-22(17)29)19(32(30)31)16-11-24-25-12-16/h1-13,18-19H,(H3-,23,24,25,26,27,28,29,30,31)/p+1. The molecule has 160 valence electrons. The average Bonchev–Trinajstić information content (AvgIpc) is 3.32. The average molecular weight is 448 g/mol. The van der Waals surface area contributed by atoms with Crippen molar-refractivity contribution in [1.29, 1.82) is 0 Å². The fraction of sp³-hybridized carbons (Fsp3) is 0.0909. The van der Waals surface area contributed by atoms with Gasteiger partial charge in [-0.05, 0) is 15.7 Å².